The van der Waals surface area contributed by atoms with Crippen LogP contribution in [0.2, 0.25) is 0 Å². The van der Waals surface area contributed by atoms with Gasteiger partial charge < -0.3 is 15.4 Å². The summed E-state index contributed by atoms with van der Waals surface area (Å²) < 4.78 is 40.8. The molecule has 1 aromatic rings. The van der Waals surface area contributed by atoms with Gasteiger partial charge in [0, 0.05) is 11.8 Å². The van der Waals surface area contributed by atoms with Crippen LogP contribution in [0.1, 0.15) is 0 Å². The van der Waals surface area contributed by atoms with E-state index in [2.05, 4.69) is 15.4 Å². The van der Waals surface area contributed by atoms with Gasteiger partial charge >= 0.3 is 6.61 Å². The number of anilines is 1. The summed E-state index contributed by atoms with van der Waals surface area (Å²) in [5.41, 5.74) is 0.171. The molecule has 18 heavy (non-hydrogen) atoms. The Bertz CT molecular complexity index is 405. The highest BCUT2D eigenvalue weighted by molar-refractivity contribution is 5.92. The van der Waals surface area contributed by atoms with Gasteiger partial charge in [0.05, 0.1) is 6.54 Å². The second-order valence-corrected chi connectivity index (χ2v) is 3.10. The lowest BCUT2D eigenvalue weighted by molar-refractivity contribution is -0.115. The number of benzene rings is 1. The van der Waals surface area contributed by atoms with Crippen LogP contribution < -0.4 is 15.4 Å². The minimum Gasteiger partial charge on any atom is -0.432 e. The molecule has 1 amide bonds. The zero-order valence-corrected chi connectivity index (χ0v) is 10.2. The summed E-state index contributed by atoms with van der Waals surface area (Å²) in [7, 11) is 1.58. The van der Waals surface area contributed by atoms with Crippen molar-refractivity contribution in [3.8, 4) is 5.75 Å². The van der Waals surface area contributed by atoms with Gasteiger partial charge in [-0.1, -0.05) is 0 Å². The molecule has 0 bridgehead atoms. The fraction of sp³-hybridized carbons (Fsp3) is 0.300. The fourth-order valence-corrected chi connectivity index (χ4v) is 1.14. The van der Waals surface area contributed by atoms with Crippen LogP contribution >= 0.6 is 12.4 Å². The lowest BCUT2D eigenvalue weighted by Gasteiger charge is -2.08. The van der Waals surface area contributed by atoms with Crippen LogP contribution in [0.3, 0.4) is 0 Å². The van der Waals surface area contributed by atoms with Gasteiger partial charge in [0.25, 0.3) is 0 Å². The van der Waals surface area contributed by atoms with Crippen LogP contribution in [-0.4, -0.2) is 26.1 Å². The Hall–Kier alpha value is -1.47. The topological polar surface area (TPSA) is 50.4 Å². The van der Waals surface area contributed by atoms with Gasteiger partial charge in [0.15, 0.2) is 11.6 Å². The molecule has 0 unspecified atom stereocenters. The zero-order valence-electron chi connectivity index (χ0n) is 9.38. The number of hydrogen-bond donors (Lipinski definition) is 2. The monoisotopic (exact) mass is 284 g/mol. The number of halogens is 4. The summed E-state index contributed by atoms with van der Waals surface area (Å²) in [5.74, 6) is -1.89. The van der Waals surface area contributed by atoms with Crippen molar-refractivity contribution in [1.29, 1.82) is 0 Å². The minimum atomic E-state index is -3.09. The summed E-state index contributed by atoms with van der Waals surface area (Å²) in [5, 5.41) is 4.99. The molecule has 0 aliphatic rings. The van der Waals surface area contributed by atoms with E-state index in [1.54, 1.807) is 7.05 Å². The molecule has 4 nitrogen and oxygen atoms in total. The quantitative estimate of drug-likeness (QED) is 0.870. The Kier molecular flexibility index (Phi) is 7.14. The van der Waals surface area contributed by atoms with E-state index >= 15 is 0 Å². The summed E-state index contributed by atoms with van der Waals surface area (Å²) >= 11 is 0. The Morgan fingerprint density at radius 3 is 2.61 bits per heavy atom. The molecule has 0 radical (unpaired) electrons. The molecule has 0 aliphatic carbocycles. The summed E-state index contributed by atoms with van der Waals surface area (Å²) in [6, 6.07) is 3.20. The van der Waals surface area contributed by atoms with Crippen molar-refractivity contribution in [2.75, 3.05) is 18.9 Å². The average molecular weight is 285 g/mol. The SMILES string of the molecule is CNCC(=O)Nc1ccc(OC(F)F)c(F)c1.Cl. The van der Waals surface area contributed by atoms with Crippen LogP contribution in [-0.2, 0) is 4.79 Å². The van der Waals surface area contributed by atoms with E-state index in [1.165, 1.54) is 6.07 Å². The molecule has 8 heteroatoms. The second kappa shape index (κ2) is 7.78. The van der Waals surface area contributed by atoms with E-state index in [-0.39, 0.29) is 30.5 Å². The molecule has 0 aromatic heterocycles. The Morgan fingerprint density at radius 2 is 2.11 bits per heavy atom. The van der Waals surface area contributed by atoms with Crippen molar-refractivity contribution >= 4 is 24.0 Å². The maximum atomic E-state index is 13.2. The average Bonchev–Trinajstić information content (AvgIpc) is 2.22. The molecule has 2 N–H and O–H groups in total. The van der Waals surface area contributed by atoms with Gasteiger partial charge in [0.2, 0.25) is 5.91 Å². The number of amides is 1. The number of rotatable bonds is 5. The lowest BCUT2D eigenvalue weighted by atomic mass is 10.3. The molecule has 1 rings (SSSR count). The number of nitrogens with one attached hydrogen (secondary N) is 2. The van der Waals surface area contributed by atoms with E-state index < -0.39 is 18.2 Å². The number of likely N-dealkylation sites (N-methyl/N-ethyl adjacent to an activating group) is 1. The molecule has 0 spiro atoms. The normalized spacial score (nSPS) is 9.83. The number of carbonyl (C=O) groups excluding carboxylic acids is 1. The Morgan fingerprint density at radius 1 is 1.44 bits per heavy atom. The van der Waals surface area contributed by atoms with Crippen LogP contribution in [0.4, 0.5) is 18.9 Å². The molecular weight excluding hydrogens is 273 g/mol. The fourth-order valence-electron chi connectivity index (χ4n) is 1.14. The van der Waals surface area contributed by atoms with Gasteiger partial charge in [-0.05, 0) is 19.2 Å². The van der Waals surface area contributed by atoms with Crippen molar-refractivity contribution in [3.63, 3.8) is 0 Å². The predicted octanol–water partition coefficient (Wildman–Crippen LogP) is 2.01. The highest BCUT2D eigenvalue weighted by Crippen LogP contribution is 2.22. The largest absolute Gasteiger partial charge is 0.432 e. The van der Waals surface area contributed by atoms with Crippen LogP contribution in [0.5, 0.6) is 5.75 Å². The van der Waals surface area contributed by atoms with Gasteiger partial charge in [-0.3, -0.25) is 4.79 Å². The van der Waals surface area contributed by atoms with E-state index in [9.17, 15) is 18.0 Å². The van der Waals surface area contributed by atoms with Gasteiger partial charge in [-0.25, -0.2) is 4.39 Å². The third kappa shape index (κ3) is 5.24. The highest BCUT2D eigenvalue weighted by atomic mass is 35.5. The van der Waals surface area contributed by atoms with Crippen molar-refractivity contribution in [3.05, 3.63) is 24.0 Å². The molecule has 0 atom stereocenters. The lowest BCUT2D eigenvalue weighted by Crippen LogP contribution is -2.25. The van der Waals surface area contributed by atoms with E-state index in [0.29, 0.717) is 0 Å². The van der Waals surface area contributed by atoms with E-state index in [4.69, 9.17) is 0 Å². The number of alkyl halides is 2. The minimum absolute atomic E-state index is 0. The first-order valence-electron chi connectivity index (χ1n) is 4.71. The smallest absolute Gasteiger partial charge is 0.387 e. The Labute approximate surface area is 108 Å². The highest BCUT2D eigenvalue weighted by Gasteiger charge is 2.11. The summed E-state index contributed by atoms with van der Waals surface area (Å²) in [6.45, 7) is -3.02. The molecule has 102 valence electrons. The van der Waals surface area contributed by atoms with Crippen molar-refractivity contribution in [2.24, 2.45) is 0 Å². The molecule has 0 fully saturated rings. The summed E-state index contributed by atoms with van der Waals surface area (Å²) in [4.78, 5) is 11.1. The van der Waals surface area contributed by atoms with Crippen molar-refractivity contribution in [2.45, 2.75) is 6.61 Å². The molecule has 0 saturated heterocycles. The second-order valence-electron chi connectivity index (χ2n) is 3.10. The number of carbonyl (C=O) groups is 1. The molecule has 0 heterocycles. The number of ether oxygens (including phenoxy) is 1. The Balaban J connectivity index is 0.00000289. The first kappa shape index (κ1) is 16.5. The maximum Gasteiger partial charge on any atom is 0.387 e. The van der Waals surface area contributed by atoms with Crippen LogP contribution in [0, 0.1) is 5.82 Å². The zero-order chi connectivity index (χ0) is 12.8. The van der Waals surface area contributed by atoms with Crippen LogP contribution in [0.15, 0.2) is 18.2 Å². The molecule has 1 aromatic carbocycles. The third-order valence-corrected chi connectivity index (χ3v) is 1.77. The maximum absolute atomic E-state index is 13.2. The number of hydrogen-bond acceptors (Lipinski definition) is 3. The van der Waals surface area contributed by atoms with Gasteiger partial charge in [0.1, 0.15) is 0 Å². The van der Waals surface area contributed by atoms with E-state index in [0.717, 1.165) is 12.1 Å². The van der Waals surface area contributed by atoms with Crippen molar-refractivity contribution in [1.82, 2.24) is 5.32 Å². The summed E-state index contributed by atoms with van der Waals surface area (Å²) in [6.07, 6.45) is 0. The molecule has 0 aliphatic heterocycles. The standard InChI is InChI=1S/C10H11F3N2O2.ClH/c1-14-5-9(16)15-6-2-3-8(7(11)4-6)17-10(12)13;/h2-4,10,14H,5H2,1H3,(H,15,16);1H. The van der Waals surface area contributed by atoms with Gasteiger partial charge in [-0.15, -0.1) is 12.4 Å². The van der Waals surface area contributed by atoms with E-state index in [1.807, 2.05) is 0 Å². The predicted molar refractivity (Wildman–Crippen MR) is 62.8 cm³/mol. The first-order chi connectivity index (χ1) is 8.02. The van der Waals surface area contributed by atoms with Crippen molar-refractivity contribution < 1.29 is 22.7 Å². The molecular formula is C10H12ClF3N2O2. The van der Waals surface area contributed by atoms with Crippen LogP contribution in [0.25, 0.3) is 0 Å². The third-order valence-electron chi connectivity index (χ3n) is 1.77. The van der Waals surface area contributed by atoms with Gasteiger partial charge in [-0.2, -0.15) is 8.78 Å². The molecule has 0 saturated carbocycles. The first-order valence-corrected chi connectivity index (χ1v) is 4.71.